The standard InChI is InChI=1S/C16H25N3O2/c1-4-5-14(17)10-15(20)19(3)11-12-6-8-13(9-7-12)16(21)18-2/h6-9,14H,4-5,10-11,17H2,1-3H3,(H,18,21). The fraction of sp³-hybridized carbons (Fsp3) is 0.500. The highest BCUT2D eigenvalue weighted by molar-refractivity contribution is 5.93. The van der Waals surface area contributed by atoms with Crippen molar-refractivity contribution in [1.82, 2.24) is 10.2 Å². The van der Waals surface area contributed by atoms with Crippen LogP contribution >= 0.6 is 0 Å². The predicted molar refractivity (Wildman–Crippen MR) is 83.8 cm³/mol. The monoisotopic (exact) mass is 291 g/mol. The minimum Gasteiger partial charge on any atom is -0.355 e. The van der Waals surface area contributed by atoms with Crippen LogP contribution in [0, 0.1) is 0 Å². The van der Waals surface area contributed by atoms with Crippen LogP contribution in [0.25, 0.3) is 0 Å². The van der Waals surface area contributed by atoms with E-state index in [1.807, 2.05) is 12.1 Å². The van der Waals surface area contributed by atoms with Crippen molar-refractivity contribution >= 4 is 11.8 Å². The zero-order valence-electron chi connectivity index (χ0n) is 13.1. The maximum atomic E-state index is 12.0. The number of nitrogens with one attached hydrogen (secondary N) is 1. The Kier molecular flexibility index (Phi) is 6.88. The van der Waals surface area contributed by atoms with Crippen LogP contribution in [0.3, 0.4) is 0 Å². The lowest BCUT2D eigenvalue weighted by Gasteiger charge is -2.19. The summed E-state index contributed by atoms with van der Waals surface area (Å²) in [6, 6.07) is 7.17. The van der Waals surface area contributed by atoms with E-state index in [9.17, 15) is 9.59 Å². The van der Waals surface area contributed by atoms with Crippen molar-refractivity contribution in [3.63, 3.8) is 0 Å². The summed E-state index contributed by atoms with van der Waals surface area (Å²) in [6.45, 7) is 2.58. The summed E-state index contributed by atoms with van der Waals surface area (Å²) in [6.07, 6.45) is 2.22. The van der Waals surface area contributed by atoms with Crippen LogP contribution < -0.4 is 11.1 Å². The highest BCUT2D eigenvalue weighted by Gasteiger charge is 2.13. The van der Waals surface area contributed by atoms with Gasteiger partial charge in [0.1, 0.15) is 0 Å². The normalized spacial score (nSPS) is 11.8. The molecule has 5 nitrogen and oxygen atoms in total. The maximum absolute atomic E-state index is 12.0. The third-order valence-corrected chi connectivity index (χ3v) is 3.38. The molecule has 5 heteroatoms. The van der Waals surface area contributed by atoms with Gasteiger partial charge in [0.2, 0.25) is 5.91 Å². The molecule has 116 valence electrons. The summed E-state index contributed by atoms with van der Waals surface area (Å²) in [5.74, 6) is -0.0668. The van der Waals surface area contributed by atoms with Crippen molar-refractivity contribution < 1.29 is 9.59 Å². The number of carbonyl (C=O) groups is 2. The zero-order chi connectivity index (χ0) is 15.8. The van der Waals surface area contributed by atoms with Crippen molar-refractivity contribution in [1.29, 1.82) is 0 Å². The average Bonchev–Trinajstić information content (AvgIpc) is 2.47. The van der Waals surface area contributed by atoms with Crippen LogP contribution in [0.4, 0.5) is 0 Å². The molecule has 21 heavy (non-hydrogen) atoms. The largest absolute Gasteiger partial charge is 0.355 e. The van der Waals surface area contributed by atoms with E-state index in [0.717, 1.165) is 18.4 Å². The van der Waals surface area contributed by atoms with E-state index >= 15 is 0 Å². The molecule has 0 bridgehead atoms. The summed E-state index contributed by atoms with van der Waals surface area (Å²) >= 11 is 0. The van der Waals surface area contributed by atoms with Crippen LogP contribution in [0.1, 0.15) is 42.1 Å². The van der Waals surface area contributed by atoms with E-state index < -0.39 is 0 Å². The van der Waals surface area contributed by atoms with Gasteiger partial charge in [-0.25, -0.2) is 0 Å². The number of nitrogens with zero attached hydrogens (tertiary/aromatic N) is 1. The van der Waals surface area contributed by atoms with Gasteiger partial charge in [-0.3, -0.25) is 9.59 Å². The van der Waals surface area contributed by atoms with Crippen molar-refractivity contribution in [3.8, 4) is 0 Å². The van der Waals surface area contributed by atoms with Gasteiger partial charge >= 0.3 is 0 Å². The van der Waals surface area contributed by atoms with E-state index in [1.165, 1.54) is 0 Å². The fourth-order valence-corrected chi connectivity index (χ4v) is 2.12. The molecule has 1 unspecified atom stereocenters. The molecule has 1 aromatic rings. The molecule has 0 heterocycles. The smallest absolute Gasteiger partial charge is 0.251 e. The van der Waals surface area contributed by atoms with Crippen molar-refractivity contribution in [3.05, 3.63) is 35.4 Å². The third kappa shape index (κ3) is 5.55. The van der Waals surface area contributed by atoms with E-state index in [4.69, 9.17) is 5.73 Å². The Hall–Kier alpha value is -1.88. The molecule has 0 spiro atoms. The Balaban J connectivity index is 2.56. The second kappa shape index (κ2) is 8.42. The molecule has 1 atom stereocenters. The molecular formula is C16H25N3O2. The summed E-state index contributed by atoms with van der Waals surface area (Å²) in [4.78, 5) is 25.2. The Labute approximate surface area is 126 Å². The fourth-order valence-electron chi connectivity index (χ4n) is 2.12. The molecule has 0 aliphatic carbocycles. The lowest BCUT2D eigenvalue weighted by molar-refractivity contribution is -0.130. The lowest BCUT2D eigenvalue weighted by atomic mass is 10.1. The molecule has 2 amide bonds. The number of nitrogens with two attached hydrogens (primary N) is 1. The first kappa shape index (κ1) is 17.2. The molecule has 0 saturated carbocycles. The van der Waals surface area contributed by atoms with Crippen LogP contribution in [-0.4, -0.2) is 36.9 Å². The zero-order valence-corrected chi connectivity index (χ0v) is 13.1. The van der Waals surface area contributed by atoms with Gasteiger partial charge in [0.05, 0.1) is 0 Å². The molecule has 0 radical (unpaired) electrons. The summed E-state index contributed by atoms with van der Waals surface area (Å²) in [5.41, 5.74) is 7.49. The van der Waals surface area contributed by atoms with Crippen molar-refractivity contribution in [2.24, 2.45) is 5.73 Å². The lowest BCUT2D eigenvalue weighted by Crippen LogP contribution is -2.32. The van der Waals surface area contributed by atoms with E-state index in [-0.39, 0.29) is 17.9 Å². The summed E-state index contributed by atoms with van der Waals surface area (Å²) in [7, 11) is 3.37. The van der Waals surface area contributed by atoms with Crippen molar-refractivity contribution in [2.45, 2.75) is 38.8 Å². The van der Waals surface area contributed by atoms with Gasteiger partial charge in [0.15, 0.2) is 0 Å². The number of amides is 2. The quantitative estimate of drug-likeness (QED) is 0.800. The maximum Gasteiger partial charge on any atom is 0.251 e. The molecule has 0 aliphatic heterocycles. The number of hydrogen-bond donors (Lipinski definition) is 2. The highest BCUT2D eigenvalue weighted by atomic mass is 16.2. The van der Waals surface area contributed by atoms with Gasteiger partial charge in [0.25, 0.3) is 5.91 Å². The Morgan fingerprint density at radius 2 is 1.90 bits per heavy atom. The van der Waals surface area contributed by atoms with Gasteiger partial charge in [-0.15, -0.1) is 0 Å². The van der Waals surface area contributed by atoms with Gasteiger partial charge in [-0.1, -0.05) is 25.5 Å². The van der Waals surface area contributed by atoms with E-state index in [2.05, 4.69) is 12.2 Å². The van der Waals surface area contributed by atoms with Crippen LogP contribution in [0.15, 0.2) is 24.3 Å². The Morgan fingerprint density at radius 3 is 2.43 bits per heavy atom. The van der Waals surface area contributed by atoms with Crippen LogP contribution in [-0.2, 0) is 11.3 Å². The SMILES string of the molecule is CCCC(N)CC(=O)N(C)Cc1ccc(C(=O)NC)cc1. The molecule has 0 aromatic heterocycles. The third-order valence-electron chi connectivity index (χ3n) is 3.38. The second-order valence-electron chi connectivity index (χ2n) is 5.28. The first-order chi connectivity index (χ1) is 9.97. The van der Waals surface area contributed by atoms with E-state index in [0.29, 0.717) is 18.5 Å². The molecular weight excluding hydrogens is 266 g/mol. The van der Waals surface area contributed by atoms with Gasteiger partial charge in [-0.2, -0.15) is 0 Å². The molecule has 0 fully saturated rings. The first-order valence-electron chi connectivity index (χ1n) is 7.28. The molecule has 0 saturated heterocycles. The molecule has 0 aliphatic rings. The molecule has 1 aromatic carbocycles. The number of hydrogen-bond acceptors (Lipinski definition) is 3. The minimum absolute atomic E-state index is 0.0475. The topological polar surface area (TPSA) is 75.4 Å². The molecule has 3 N–H and O–H groups in total. The van der Waals surface area contributed by atoms with Crippen LogP contribution in [0.2, 0.25) is 0 Å². The summed E-state index contributed by atoms with van der Waals surface area (Å²) < 4.78 is 0. The van der Waals surface area contributed by atoms with Gasteiger partial charge in [-0.05, 0) is 24.1 Å². The van der Waals surface area contributed by atoms with Gasteiger partial charge < -0.3 is 16.0 Å². The number of rotatable bonds is 7. The average molecular weight is 291 g/mol. The summed E-state index contributed by atoms with van der Waals surface area (Å²) in [5, 5.41) is 2.58. The number of benzene rings is 1. The minimum atomic E-state index is -0.114. The number of carbonyl (C=O) groups excluding carboxylic acids is 2. The van der Waals surface area contributed by atoms with Crippen LogP contribution in [0.5, 0.6) is 0 Å². The Morgan fingerprint density at radius 1 is 1.29 bits per heavy atom. The Bertz CT molecular complexity index is 471. The first-order valence-corrected chi connectivity index (χ1v) is 7.28. The van der Waals surface area contributed by atoms with E-state index in [1.54, 1.807) is 31.1 Å². The second-order valence-corrected chi connectivity index (χ2v) is 5.28. The molecule has 1 rings (SSSR count). The van der Waals surface area contributed by atoms with Crippen molar-refractivity contribution in [2.75, 3.05) is 14.1 Å². The van der Waals surface area contributed by atoms with Gasteiger partial charge in [0, 0.05) is 38.7 Å². The predicted octanol–water partition coefficient (Wildman–Crippen LogP) is 1.52. The highest BCUT2D eigenvalue weighted by Crippen LogP contribution is 2.09.